The number of nitrogens with two attached hydrogens (primary N) is 1. The van der Waals surface area contributed by atoms with Gasteiger partial charge in [0.2, 0.25) is 0 Å². The molecule has 0 radical (unpaired) electrons. The molecule has 0 aliphatic rings. The van der Waals surface area contributed by atoms with E-state index in [1.165, 1.54) is 23.3 Å². The van der Waals surface area contributed by atoms with Crippen LogP contribution in [0.5, 0.6) is 11.5 Å². The van der Waals surface area contributed by atoms with Crippen molar-refractivity contribution in [2.24, 2.45) is 10.7 Å². The predicted molar refractivity (Wildman–Crippen MR) is 152 cm³/mol. The zero-order valence-corrected chi connectivity index (χ0v) is 22.0. The minimum absolute atomic E-state index is 0.270. The second-order valence-corrected chi connectivity index (χ2v) is 8.17. The van der Waals surface area contributed by atoms with Gasteiger partial charge in [-0.25, -0.2) is 8.78 Å². The summed E-state index contributed by atoms with van der Waals surface area (Å²) in [5.41, 5.74) is 9.40. The molecule has 4 rings (SSSR count). The molecule has 0 atom stereocenters. The average Bonchev–Trinajstić information content (AvgIpc) is 2.98. The van der Waals surface area contributed by atoms with Crippen LogP contribution in [0.4, 0.5) is 8.78 Å². The maximum Gasteiger partial charge on any atom is 0.138 e. The number of nitriles is 1. The highest BCUT2D eigenvalue weighted by atomic mass is 19.1. The predicted octanol–water partition coefficient (Wildman–Crippen LogP) is 7.03. The van der Waals surface area contributed by atoms with E-state index in [1.807, 2.05) is 6.92 Å². The lowest BCUT2D eigenvalue weighted by Gasteiger charge is -2.09. The molecule has 0 aliphatic carbocycles. The quantitative estimate of drug-likeness (QED) is 0.187. The summed E-state index contributed by atoms with van der Waals surface area (Å²) < 4.78 is 34.5. The highest BCUT2D eigenvalue weighted by Crippen LogP contribution is 2.17. The Morgan fingerprint density at radius 3 is 1.46 bits per heavy atom. The Labute approximate surface area is 229 Å². The van der Waals surface area contributed by atoms with Crippen LogP contribution in [0, 0.1) is 17.1 Å². The third-order valence-corrected chi connectivity index (χ3v) is 5.29. The van der Waals surface area contributed by atoms with Crippen molar-refractivity contribution < 1.29 is 18.3 Å². The summed E-state index contributed by atoms with van der Waals surface area (Å²) in [7, 11) is 0. The van der Waals surface area contributed by atoms with Gasteiger partial charge >= 0.3 is 0 Å². The van der Waals surface area contributed by atoms with Crippen molar-refractivity contribution >= 4 is 6.72 Å². The van der Waals surface area contributed by atoms with Gasteiger partial charge in [0.05, 0.1) is 11.6 Å². The summed E-state index contributed by atoms with van der Waals surface area (Å²) in [5.74, 6) is 1.13. The number of ether oxygens (including phenoxy) is 2. The lowest BCUT2D eigenvalue weighted by atomic mass is 10.0. The van der Waals surface area contributed by atoms with Crippen LogP contribution in [0.2, 0.25) is 0 Å². The van der Waals surface area contributed by atoms with Gasteiger partial charge in [0, 0.05) is 6.54 Å². The maximum absolute atomic E-state index is 13.0. The van der Waals surface area contributed by atoms with Crippen LogP contribution in [0.1, 0.15) is 34.7 Å². The summed E-state index contributed by atoms with van der Waals surface area (Å²) in [6, 6.07) is 31.9. The van der Waals surface area contributed by atoms with Gasteiger partial charge in [-0.1, -0.05) is 48.5 Å². The van der Waals surface area contributed by atoms with Gasteiger partial charge in [-0.2, -0.15) is 5.26 Å². The first-order chi connectivity index (χ1) is 19.0. The minimum Gasteiger partial charge on any atom is -0.489 e. The van der Waals surface area contributed by atoms with Crippen LogP contribution in [0.3, 0.4) is 0 Å². The Morgan fingerprint density at radius 2 is 1.10 bits per heavy atom. The van der Waals surface area contributed by atoms with Gasteiger partial charge in [-0.15, -0.1) is 0 Å². The molecule has 4 aromatic rings. The third kappa shape index (κ3) is 12.0. The van der Waals surface area contributed by atoms with Crippen LogP contribution in [-0.4, -0.2) is 20.1 Å². The molecule has 0 spiro atoms. The molecule has 0 unspecified atom stereocenters. The zero-order valence-electron chi connectivity index (χ0n) is 22.0. The van der Waals surface area contributed by atoms with Crippen molar-refractivity contribution in [2.75, 3.05) is 13.3 Å². The number of hydrogen-bond donors (Lipinski definition) is 1. The Hall–Kier alpha value is -4.54. The van der Waals surface area contributed by atoms with Crippen LogP contribution in [0.25, 0.3) is 0 Å². The largest absolute Gasteiger partial charge is 0.489 e. The molecule has 39 heavy (non-hydrogen) atoms. The monoisotopic (exact) mass is 529 g/mol. The Balaban J connectivity index is 0.000000686. The minimum atomic E-state index is -0.750. The van der Waals surface area contributed by atoms with Crippen LogP contribution in [-0.2, 0) is 19.6 Å². The molecule has 2 N–H and O–H groups in total. The second kappa shape index (κ2) is 17.8. The molecule has 202 valence electrons. The summed E-state index contributed by atoms with van der Waals surface area (Å²) in [6.07, 6.45) is 0.843. The van der Waals surface area contributed by atoms with Crippen LogP contribution in [0.15, 0.2) is 102 Å². The van der Waals surface area contributed by atoms with E-state index in [1.54, 1.807) is 36.4 Å². The first-order valence-electron chi connectivity index (χ1n) is 12.4. The van der Waals surface area contributed by atoms with Gasteiger partial charge in [0.25, 0.3) is 0 Å². The Morgan fingerprint density at radius 1 is 0.744 bits per heavy atom. The summed E-state index contributed by atoms with van der Waals surface area (Å²) >= 11 is 0. The Kier molecular flexibility index (Phi) is 14.0. The number of alkyl halides is 1. The lowest BCUT2D eigenvalue weighted by molar-refractivity contribution is 0.305. The first-order valence-corrected chi connectivity index (χ1v) is 12.4. The molecule has 0 aromatic heterocycles. The lowest BCUT2D eigenvalue weighted by Crippen LogP contribution is -1.97. The van der Waals surface area contributed by atoms with Crippen molar-refractivity contribution in [1.29, 1.82) is 5.26 Å². The van der Waals surface area contributed by atoms with E-state index in [9.17, 15) is 8.78 Å². The van der Waals surface area contributed by atoms with Gasteiger partial charge in [0.15, 0.2) is 0 Å². The van der Waals surface area contributed by atoms with Crippen molar-refractivity contribution in [3.63, 3.8) is 0 Å². The molecule has 0 amide bonds. The average molecular weight is 530 g/mol. The normalized spacial score (nSPS) is 9.62. The van der Waals surface area contributed by atoms with E-state index < -0.39 is 6.80 Å². The molecule has 0 aliphatic heterocycles. The topological polar surface area (TPSA) is 80.6 Å². The SMILES string of the molecule is C=NCC.N#Cc1ccc(OCc2ccc(Cc3ccc(COc4ccc(F)cc4)cc3)cc2)cc1.NCF. The fourth-order valence-corrected chi connectivity index (χ4v) is 3.23. The van der Waals surface area contributed by atoms with E-state index in [0.29, 0.717) is 24.5 Å². The summed E-state index contributed by atoms with van der Waals surface area (Å²) in [5, 5.41) is 8.85. The molecule has 0 heterocycles. The summed E-state index contributed by atoms with van der Waals surface area (Å²) in [4.78, 5) is 3.49. The fraction of sp³-hybridized carbons (Fsp3) is 0.188. The number of benzene rings is 4. The van der Waals surface area contributed by atoms with E-state index >= 15 is 0 Å². The summed E-state index contributed by atoms with van der Waals surface area (Å²) in [6.45, 7) is 6.19. The van der Waals surface area contributed by atoms with Crippen molar-refractivity contribution in [2.45, 2.75) is 26.6 Å². The molecular formula is C32H33F2N3O2. The number of hydrogen-bond acceptors (Lipinski definition) is 5. The Bertz CT molecular complexity index is 1270. The van der Waals surface area contributed by atoms with Crippen LogP contribution < -0.4 is 15.2 Å². The van der Waals surface area contributed by atoms with Gasteiger partial charge < -0.3 is 20.2 Å². The molecule has 0 bridgehead atoms. The third-order valence-electron chi connectivity index (χ3n) is 5.29. The van der Waals surface area contributed by atoms with E-state index in [-0.39, 0.29) is 5.82 Å². The van der Waals surface area contributed by atoms with Crippen molar-refractivity contribution in [3.8, 4) is 17.6 Å². The standard InChI is InChI=1S/C28H22FNO2.C3H7N.CH4FN/c29-26-11-15-28(16-12-26)32-20-25-7-3-22(4-8-25)17-21-1-5-24(6-2-21)19-31-27-13-9-23(18-30)10-14-27;1-3-4-2;2-1-3/h1-16H,17,19-20H2;2-3H2,1H3;1,3H2. The van der Waals surface area contributed by atoms with E-state index in [4.69, 9.17) is 14.7 Å². The van der Waals surface area contributed by atoms with Crippen molar-refractivity contribution in [1.82, 2.24) is 0 Å². The molecule has 0 saturated heterocycles. The van der Waals surface area contributed by atoms with Gasteiger partial charge in [0.1, 0.15) is 37.3 Å². The first kappa shape index (κ1) is 30.7. The molecular weight excluding hydrogens is 496 g/mol. The number of rotatable bonds is 9. The number of halogens is 2. The van der Waals surface area contributed by atoms with Crippen molar-refractivity contribution in [3.05, 3.63) is 131 Å². The van der Waals surface area contributed by atoms with Gasteiger partial charge in [-0.05, 0) is 90.8 Å². The zero-order chi connectivity index (χ0) is 28.3. The smallest absolute Gasteiger partial charge is 0.138 e. The van der Waals surface area contributed by atoms with Crippen LogP contribution >= 0.6 is 0 Å². The number of aliphatic imine (C=N–C) groups is 1. The highest BCUT2D eigenvalue weighted by Gasteiger charge is 2.02. The highest BCUT2D eigenvalue weighted by molar-refractivity contribution is 5.35. The molecule has 7 heteroatoms. The number of nitrogens with zero attached hydrogens (tertiary/aromatic N) is 2. The fourth-order valence-electron chi connectivity index (χ4n) is 3.23. The van der Waals surface area contributed by atoms with Gasteiger partial charge in [-0.3, -0.25) is 0 Å². The van der Waals surface area contributed by atoms with E-state index in [2.05, 4.69) is 72.0 Å². The molecule has 0 saturated carbocycles. The maximum atomic E-state index is 13.0. The second-order valence-electron chi connectivity index (χ2n) is 8.17. The molecule has 0 fully saturated rings. The molecule has 5 nitrogen and oxygen atoms in total. The van der Waals surface area contributed by atoms with E-state index in [0.717, 1.165) is 29.8 Å². The molecule has 4 aromatic carbocycles.